The van der Waals surface area contributed by atoms with Crippen LogP contribution in [0.3, 0.4) is 0 Å². The zero-order valence-electron chi connectivity index (χ0n) is 15.2. The molecule has 25 heavy (non-hydrogen) atoms. The minimum absolute atomic E-state index is 0.0871. The molecule has 1 N–H and O–H groups in total. The van der Waals surface area contributed by atoms with Gasteiger partial charge in [-0.15, -0.1) is 0 Å². The van der Waals surface area contributed by atoms with Crippen molar-refractivity contribution in [1.29, 1.82) is 0 Å². The van der Waals surface area contributed by atoms with Crippen molar-refractivity contribution in [2.75, 3.05) is 33.7 Å². The van der Waals surface area contributed by atoms with E-state index in [0.717, 1.165) is 26.2 Å². The Morgan fingerprint density at radius 3 is 2.68 bits per heavy atom. The summed E-state index contributed by atoms with van der Waals surface area (Å²) in [5, 5.41) is 3.20. The second-order valence-corrected chi connectivity index (χ2v) is 7.21. The molecule has 1 aliphatic rings. The van der Waals surface area contributed by atoms with Crippen LogP contribution in [0, 0.1) is 5.92 Å². The van der Waals surface area contributed by atoms with Gasteiger partial charge < -0.3 is 14.8 Å². The number of nitrogens with one attached hydrogen (secondary N) is 1. The van der Waals surface area contributed by atoms with E-state index in [1.54, 1.807) is 17.1 Å². The van der Waals surface area contributed by atoms with Crippen molar-refractivity contribution in [3.8, 4) is 0 Å². The van der Waals surface area contributed by atoms with E-state index in [1.165, 1.54) is 5.56 Å². The summed E-state index contributed by atoms with van der Waals surface area (Å²) in [7, 11) is 6.03. The largest absolute Gasteiger partial charge is 0.346 e. The molecule has 2 heterocycles. The number of amides is 1. The van der Waals surface area contributed by atoms with E-state index in [2.05, 4.69) is 58.5 Å². The Bertz CT molecular complexity index is 697. The molecule has 1 aliphatic heterocycles. The van der Waals surface area contributed by atoms with Crippen LogP contribution in [-0.2, 0) is 13.6 Å². The smallest absolute Gasteiger partial charge is 0.271 e. The Morgan fingerprint density at radius 1 is 1.28 bits per heavy atom. The molecular weight excluding hydrogens is 314 g/mol. The summed E-state index contributed by atoms with van der Waals surface area (Å²) in [6, 6.07) is 10.6. The van der Waals surface area contributed by atoms with Crippen molar-refractivity contribution in [3.05, 3.63) is 54.1 Å². The number of benzene rings is 1. The van der Waals surface area contributed by atoms with Gasteiger partial charge >= 0.3 is 0 Å². The fraction of sp³-hybridized carbons (Fsp3) is 0.474. The molecule has 1 aromatic heterocycles. The Hall–Kier alpha value is -2.18. The van der Waals surface area contributed by atoms with Crippen LogP contribution in [0.1, 0.15) is 16.1 Å². The Labute approximate surface area is 149 Å². The number of carbonyl (C=O) groups is 1. The van der Waals surface area contributed by atoms with Gasteiger partial charge in [-0.25, -0.2) is 4.98 Å². The van der Waals surface area contributed by atoms with Gasteiger partial charge in [0.15, 0.2) is 0 Å². The lowest BCUT2D eigenvalue weighted by Gasteiger charge is -2.22. The predicted octanol–water partition coefficient (Wildman–Crippen LogP) is 1.21. The molecule has 0 aliphatic carbocycles. The van der Waals surface area contributed by atoms with Crippen LogP contribution in [0.25, 0.3) is 0 Å². The van der Waals surface area contributed by atoms with E-state index in [-0.39, 0.29) is 11.9 Å². The standard InChI is InChI=1S/C19H27N5O/c1-22(2)10-16-11-24(9-15-7-5-4-6-8-15)13-17(16)21-19(25)18-12-23(3)14-20-18/h4-8,12,14,16-17H,9-11,13H2,1-3H3,(H,21,25)/t16-,17-/m1/s1. The lowest BCUT2D eigenvalue weighted by Crippen LogP contribution is -2.43. The van der Waals surface area contributed by atoms with Gasteiger partial charge in [-0.2, -0.15) is 0 Å². The first kappa shape index (κ1) is 17.6. The quantitative estimate of drug-likeness (QED) is 0.858. The molecule has 6 nitrogen and oxygen atoms in total. The van der Waals surface area contributed by atoms with Gasteiger partial charge in [-0.3, -0.25) is 9.69 Å². The zero-order valence-corrected chi connectivity index (χ0v) is 15.2. The first-order valence-corrected chi connectivity index (χ1v) is 8.71. The third kappa shape index (κ3) is 4.67. The first-order valence-electron chi connectivity index (χ1n) is 8.71. The van der Waals surface area contributed by atoms with E-state index in [9.17, 15) is 4.79 Å². The number of hydrogen-bond donors (Lipinski definition) is 1. The molecule has 0 bridgehead atoms. The van der Waals surface area contributed by atoms with Crippen LogP contribution in [-0.4, -0.2) is 65.0 Å². The van der Waals surface area contributed by atoms with Crippen LogP contribution in [0.4, 0.5) is 0 Å². The predicted molar refractivity (Wildman–Crippen MR) is 98.2 cm³/mol. The van der Waals surface area contributed by atoms with Crippen molar-refractivity contribution in [2.45, 2.75) is 12.6 Å². The van der Waals surface area contributed by atoms with Gasteiger partial charge in [-0.1, -0.05) is 30.3 Å². The Morgan fingerprint density at radius 2 is 2.04 bits per heavy atom. The van der Waals surface area contributed by atoms with Crippen LogP contribution < -0.4 is 5.32 Å². The number of aryl methyl sites for hydroxylation is 1. The average molecular weight is 341 g/mol. The number of imidazole rings is 1. The van der Waals surface area contributed by atoms with Gasteiger partial charge in [-0.05, 0) is 19.7 Å². The molecule has 3 rings (SSSR count). The highest BCUT2D eigenvalue weighted by atomic mass is 16.2. The van der Waals surface area contributed by atoms with E-state index in [1.807, 2.05) is 13.1 Å². The van der Waals surface area contributed by atoms with E-state index >= 15 is 0 Å². The molecule has 0 spiro atoms. The fourth-order valence-electron chi connectivity index (χ4n) is 3.52. The third-order valence-corrected chi connectivity index (χ3v) is 4.62. The van der Waals surface area contributed by atoms with Crippen molar-refractivity contribution in [1.82, 2.24) is 24.7 Å². The van der Waals surface area contributed by atoms with Crippen molar-refractivity contribution < 1.29 is 4.79 Å². The number of hydrogen-bond acceptors (Lipinski definition) is 4. The van der Waals surface area contributed by atoms with Gasteiger partial charge in [0.05, 0.1) is 6.33 Å². The number of aromatic nitrogens is 2. The monoisotopic (exact) mass is 341 g/mol. The lowest BCUT2D eigenvalue weighted by molar-refractivity contribution is 0.0922. The van der Waals surface area contributed by atoms with E-state index in [4.69, 9.17) is 0 Å². The average Bonchev–Trinajstić information content (AvgIpc) is 3.15. The SMILES string of the molecule is CN(C)C[C@@H]1CN(Cc2ccccc2)C[C@H]1NC(=O)c1cn(C)cn1. The molecule has 1 fully saturated rings. The maximum absolute atomic E-state index is 12.5. The molecular formula is C19H27N5O. The molecule has 2 atom stereocenters. The lowest BCUT2D eigenvalue weighted by atomic mass is 10.0. The fourth-order valence-corrected chi connectivity index (χ4v) is 3.52. The zero-order chi connectivity index (χ0) is 17.8. The van der Waals surface area contributed by atoms with Gasteiger partial charge in [0, 0.05) is 51.4 Å². The second-order valence-electron chi connectivity index (χ2n) is 7.21. The minimum Gasteiger partial charge on any atom is -0.346 e. The van der Waals surface area contributed by atoms with Crippen LogP contribution in [0.5, 0.6) is 0 Å². The number of likely N-dealkylation sites (tertiary alicyclic amines) is 1. The molecule has 0 radical (unpaired) electrons. The molecule has 1 aromatic carbocycles. The number of nitrogens with zero attached hydrogens (tertiary/aromatic N) is 4. The highest BCUT2D eigenvalue weighted by Crippen LogP contribution is 2.20. The van der Waals surface area contributed by atoms with Crippen LogP contribution in [0.2, 0.25) is 0 Å². The van der Waals surface area contributed by atoms with Crippen LogP contribution >= 0.6 is 0 Å². The summed E-state index contributed by atoms with van der Waals surface area (Å²) in [4.78, 5) is 21.3. The highest BCUT2D eigenvalue weighted by Gasteiger charge is 2.34. The summed E-state index contributed by atoms with van der Waals surface area (Å²) in [6.45, 7) is 3.73. The molecule has 0 saturated carbocycles. The molecule has 2 aromatic rings. The second kappa shape index (κ2) is 7.80. The Kier molecular flexibility index (Phi) is 5.50. The highest BCUT2D eigenvalue weighted by molar-refractivity contribution is 5.92. The summed E-state index contributed by atoms with van der Waals surface area (Å²) < 4.78 is 1.79. The number of rotatable bonds is 6. The topological polar surface area (TPSA) is 53.4 Å². The van der Waals surface area contributed by atoms with Crippen molar-refractivity contribution >= 4 is 5.91 Å². The molecule has 1 amide bonds. The third-order valence-electron chi connectivity index (χ3n) is 4.62. The van der Waals surface area contributed by atoms with Crippen LogP contribution in [0.15, 0.2) is 42.9 Å². The molecule has 1 saturated heterocycles. The van der Waals surface area contributed by atoms with E-state index in [0.29, 0.717) is 11.6 Å². The normalized spacial score (nSPS) is 21.0. The van der Waals surface area contributed by atoms with Crippen molar-refractivity contribution in [3.63, 3.8) is 0 Å². The maximum Gasteiger partial charge on any atom is 0.271 e. The summed E-state index contributed by atoms with van der Waals surface area (Å²) in [5.74, 6) is 0.322. The van der Waals surface area contributed by atoms with E-state index < -0.39 is 0 Å². The Balaban J connectivity index is 1.66. The molecule has 134 valence electrons. The molecule has 0 unspecified atom stereocenters. The summed E-state index contributed by atoms with van der Waals surface area (Å²) in [5.41, 5.74) is 1.79. The first-order chi connectivity index (χ1) is 12.0. The number of carbonyl (C=O) groups excluding carboxylic acids is 1. The summed E-state index contributed by atoms with van der Waals surface area (Å²) >= 11 is 0. The van der Waals surface area contributed by atoms with Gasteiger partial charge in [0.2, 0.25) is 0 Å². The van der Waals surface area contributed by atoms with Gasteiger partial charge in [0.1, 0.15) is 5.69 Å². The minimum atomic E-state index is -0.0871. The molecule has 6 heteroatoms. The van der Waals surface area contributed by atoms with Gasteiger partial charge in [0.25, 0.3) is 5.91 Å². The summed E-state index contributed by atoms with van der Waals surface area (Å²) in [6.07, 6.45) is 3.41. The maximum atomic E-state index is 12.5. The van der Waals surface area contributed by atoms with Crippen molar-refractivity contribution in [2.24, 2.45) is 13.0 Å².